The van der Waals surface area contributed by atoms with Gasteiger partial charge in [-0.1, -0.05) is 0 Å². The minimum absolute atomic E-state index is 0.656. The van der Waals surface area contributed by atoms with Gasteiger partial charge in [0.2, 0.25) is 0 Å². The third kappa shape index (κ3) is 3.63. The van der Waals surface area contributed by atoms with Crippen LogP contribution in [0.25, 0.3) is 34.4 Å². The predicted molar refractivity (Wildman–Crippen MR) is 137 cm³/mol. The number of allylic oxidation sites excluding steroid dienone is 2. The van der Waals surface area contributed by atoms with Crippen LogP contribution < -0.4 is 0 Å². The molecule has 2 atom stereocenters. The van der Waals surface area contributed by atoms with Gasteiger partial charge in [-0.3, -0.25) is 0 Å². The summed E-state index contributed by atoms with van der Waals surface area (Å²) in [4.78, 5) is 0. The molecule has 0 saturated carbocycles. The fourth-order valence-electron chi connectivity index (χ4n) is 5.45. The summed E-state index contributed by atoms with van der Waals surface area (Å²) >= 11 is -1.12. The summed E-state index contributed by atoms with van der Waals surface area (Å²) in [6, 6.07) is 35.6. The maximum atomic E-state index is 2.48. The van der Waals surface area contributed by atoms with Gasteiger partial charge in [-0.2, -0.15) is 0 Å². The summed E-state index contributed by atoms with van der Waals surface area (Å²) < 4.78 is 1.31. The van der Waals surface area contributed by atoms with Crippen LogP contribution in [0.1, 0.15) is 43.5 Å². The quantitative estimate of drug-likeness (QED) is 0.209. The number of rotatable bonds is 4. The molecule has 0 heterocycles. The molecule has 0 N–H and O–H groups in total. The fraction of sp³-hybridized carbons (Fsp3) is 0.125. The van der Waals surface area contributed by atoms with Crippen molar-refractivity contribution in [1.29, 1.82) is 0 Å². The van der Waals surface area contributed by atoms with E-state index in [1.165, 1.54) is 33.4 Å². The number of fused-ring (bicyclic) bond motifs is 2. The maximum absolute atomic E-state index is 2.48. The Morgan fingerprint density at radius 1 is 0.485 bits per heavy atom. The van der Waals surface area contributed by atoms with E-state index in [1.807, 2.05) is 0 Å². The molecule has 0 aliphatic heterocycles. The number of hydrogen-bond donors (Lipinski definition) is 0. The molecule has 33 heavy (non-hydrogen) atoms. The predicted octanol–water partition coefficient (Wildman–Crippen LogP) is 8.72. The van der Waals surface area contributed by atoms with E-state index >= 15 is 0 Å². The Hall–Kier alpha value is -2.77. The molecule has 0 spiro atoms. The standard InChI is InChI=1S/2C16H13.Hf/c2*1-12-10-14-8-5-9-15(16(14)11-12)13-6-3-2-4-7-13;/h2*2-11H,1H3;. The molecular formula is C32H26Hf. The van der Waals surface area contributed by atoms with E-state index in [9.17, 15) is 0 Å². The fourth-order valence-corrected chi connectivity index (χ4v) is 12.2. The van der Waals surface area contributed by atoms with E-state index in [2.05, 4.69) is 123 Å². The molecule has 0 bridgehead atoms. The van der Waals surface area contributed by atoms with Gasteiger partial charge >= 0.3 is 209 Å². The molecule has 2 unspecified atom stereocenters. The molecule has 0 aromatic heterocycles. The molecule has 6 rings (SSSR count). The van der Waals surface area contributed by atoms with Gasteiger partial charge in [0.1, 0.15) is 0 Å². The first-order valence-corrected chi connectivity index (χ1v) is 15.8. The molecule has 0 radical (unpaired) electrons. The average Bonchev–Trinajstić information content (AvgIpc) is 3.36. The van der Waals surface area contributed by atoms with E-state index < -0.39 is 22.9 Å². The summed E-state index contributed by atoms with van der Waals surface area (Å²) in [6.07, 6.45) is 4.95. The van der Waals surface area contributed by atoms with Crippen molar-refractivity contribution in [2.75, 3.05) is 0 Å². The van der Waals surface area contributed by atoms with Gasteiger partial charge in [-0.05, 0) is 0 Å². The van der Waals surface area contributed by atoms with Gasteiger partial charge in [-0.15, -0.1) is 0 Å². The van der Waals surface area contributed by atoms with E-state index in [-0.39, 0.29) is 0 Å². The van der Waals surface area contributed by atoms with Crippen LogP contribution in [0.4, 0.5) is 0 Å². The van der Waals surface area contributed by atoms with Crippen LogP contribution in [-0.4, -0.2) is 0 Å². The van der Waals surface area contributed by atoms with Crippen LogP contribution in [0.15, 0.2) is 108 Å². The van der Waals surface area contributed by atoms with Crippen LogP contribution >= 0.6 is 0 Å². The Labute approximate surface area is 208 Å². The van der Waals surface area contributed by atoms with Crippen molar-refractivity contribution in [1.82, 2.24) is 0 Å². The second-order valence-corrected chi connectivity index (χ2v) is 14.5. The second kappa shape index (κ2) is 8.54. The number of hydrogen-bond acceptors (Lipinski definition) is 0. The van der Waals surface area contributed by atoms with Gasteiger partial charge in [0, 0.05) is 0 Å². The van der Waals surface area contributed by atoms with Crippen LogP contribution in [0.2, 0.25) is 0 Å². The summed E-state index contributed by atoms with van der Waals surface area (Å²) in [5.74, 6) is 0. The van der Waals surface area contributed by atoms with Crippen LogP contribution in [0, 0.1) is 0 Å². The molecule has 4 aromatic carbocycles. The second-order valence-electron chi connectivity index (χ2n) is 9.16. The molecule has 0 fully saturated rings. The van der Waals surface area contributed by atoms with E-state index in [0.29, 0.717) is 7.35 Å². The third-order valence-electron chi connectivity index (χ3n) is 7.06. The molecular weight excluding hydrogens is 563 g/mol. The van der Waals surface area contributed by atoms with Crippen molar-refractivity contribution in [2.24, 2.45) is 0 Å². The Morgan fingerprint density at radius 3 is 1.33 bits per heavy atom. The Balaban J connectivity index is 1.37. The number of benzene rings is 4. The molecule has 0 nitrogen and oxygen atoms in total. The normalized spacial score (nSPS) is 18.4. The van der Waals surface area contributed by atoms with Crippen LogP contribution in [-0.2, 0) is 22.9 Å². The first-order valence-electron chi connectivity index (χ1n) is 11.7. The minimum atomic E-state index is -1.12. The zero-order chi connectivity index (χ0) is 22.4. The first kappa shape index (κ1) is 20.8. The topological polar surface area (TPSA) is 0 Å². The summed E-state index contributed by atoms with van der Waals surface area (Å²) in [6.45, 7) is 4.73. The van der Waals surface area contributed by atoms with Gasteiger partial charge in [-0.25, -0.2) is 0 Å². The van der Waals surface area contributed by atoms with Crippen molar-refractivity contribution in [2.45, 2.75) is 21.2 Å². The first-order chi connectivity index (χ1) is 16.2. The van der Waals surface area contributed by atoms with E-state index in [4.69, 9.17) is 0 Å². The molecule has 2 aliphatic rings. The average molecular weight is 589 g/mol. The third-order valence-corrected chi connectivity index (χ3v) is 15.0. The summed E-state index contributed by atoms with van der Waals surface area (Å²) in [5, 5.41) is 0. The van der Waals surface area contributed by atoms with Gasteiger partial charge in [0.25, 0.3) is 0 Å². The van der Waals surface area contributed by atoms with Crippen LogP contribution in [0.5, 0.6) is 0 Å². The zero-order valence-electron chi connectivity index (χ0n) is 19.0. The Kier molecular flexibility index (Phi) is 5.38. The molecule has 4 aromatic rings. The monoisotopic (exact) mass is 590 g/mol. The summed E-state index contributed by atoms with van der Waals surface area (Å²) in [5.41, 5.74) is 14.6. The SMILES string of the molecule is CC1=Cc2c(-c3ccccc3)cccc2[CH]1[Hf][CH]1C(C)=Cc2c(-c3ccccc3)cccc21. The van der Waals surface area contributed by atoms with E-state index in [1.54, 1.807) is 22.3 Å². The van der Waals surface area contributed by atoms with Crippen LogP contribution in [0.3, 0.4) is 0 Å². The molecule has 158 valence electrons. The Bertz CT molecular complexity index is 1280. The van der Waals surface area contributed by atoms with Crippen molar-refractivity contribution in [3.63, 3.8) is 0 Å². The molecule has 0 amide bonds. The summed E-state index contributed by atoms with van der Waals surface area (Å²) in [7, 11) is 0. The Morgan fingerprint density at radius 2 is 0.909 bits per heavy atom. The van der Waals surface area contributed by atoms with Gasteiger partial charge in [0.15, 0.2) is 0 Å². The van der Waals surface area contributed by atoms with Crippen molar-refractivity contribution in [3.8, 4) is 22.3 Å². The van der Waals surface area contributed by atoms with Crippen molar-refractivity contribution >= 4 is 12.2 Å². The van der Waals surface area contributed by atoms with Gasteiger partial charge in [0.05, 0.1) is 0 Å². The van der Waals surface area contributed by atoms with Crippen molar-refractivity contribution in [3.05, 3.63) is 130 Å². The van der Waals surface area contributed by atoms with Gasteiger partial charge < -0.3 is 0 Å². The molecule has 1 heteroatoms. The molecule has 0 saturated heterocycles. The van der Waals surface area contributed by atoms with Crippen molar-refractivity contribution < 1.29 is 22.9 Å². The zero-order valence-corrected chi connectivity index (χ0v) is 22.6. The van der Waals surface area contributed by atoms with E-state index in [0.717, 1.165) is 0 Å². The molecule has 2 aliphatic carbocycles.